The van der Waals surface area contributed by atoms with E-state index in [0.717, 1.165) is 21.2 Å². The second kappa shape index (κ2) is 8.57. The molecule has 2 heterocycles. The molecule has 0 fully saturated rings. The van der Waals surface area contributed by atoms with Gasteiger partial charge in [0, 0.05) is 29.3 Å². The Morgan fingerprint density at radius 3 is 1.41 bits per heavy atom. The van der Waals surface area contributed by atoms with Crippen molar-refractivity contribution < 1.29 is 39.3 Å². The zero-order chi connectivity index (χ0) is 18.9. The van der Waals surface area contributed by atoms with Crippen molar-refractivity contribution in [1.82, 2.24) is 0 Å². The van der Waals surface area contributed by atoms with Gasteiger partial charge in [0.05, 0.1) is 11.4 Å². The van der Waals surface area contributed by atoms with Crippen LogP contribution in [0.3, 0.4) is 0 Å². The van der Waals surface area contributed by atoms with Crippen LogP contribution in [0, 0.1) is 0 Å². The normalized spacial score (nSPS) is 24.1. The van der Waals surface area contributed by atoms with Gasteiger partial charge in [0.1, 0.15) is 0 Å². The first kappa shape index (κ1) is 22.3. The van der Waals surface area contributed by atoms with E-state index in [4.69, 9.17) is 10.2 Å². The molecule has 0 bridgehead atoms. The van der Waals surface area contributed by atoms with Gasteiger partial charge in [-0.05, 0) is 24.3 Å². The third-order valence-electron chi connectivity index (χ3n) is 3.48. The van der Waals surface area contributed by atoms with E-state index in [1.54, 1.807) is 0 Å². The second-order valence-corrected chi connectivity index (χ2v) is 9.80. The summed E-state index contributed by atoms with van der Waals surface area (Å²) >= 11 is 10.5. The van der Waals surface area contributed by atoms with E-state index in [2.05, 4.69) is 35.9 Å². The fourth-order valence-electron chi connectivity index (χ4n) is 2.25. The quantitative estimate of drug-likeness (QED) is 0.279. The Hall–Kier alpha value is -0.997. The van der Waals surface area contributed by atoms with Crippen LogP contribution in [0.5, 0.6) is 0 Å². The molecular formula is C16H14N2O4S4Zn. The Morgan fingerprint density at radius 2 is 1.11 bits per heavy atom. The third-order valence-corrected chi connectivity index (χ3v) is 6.93. The molecule has 2 unspecified atom stereocenters. The molecule has 0 saturated heterocycles. The molecule has 4 N–H and O–H groups in total. The molecule has 138 valence electrons. The number of para-hydroxylation sites is 2. The number of carboxylic acids is 2. The van der Waals surface area contributed by atoms with E-state index in [0.29, 0.717) is 0 Å². The Morgan fingerprint density at radius 1 is 0.778 bits per heavy atom. The maximum atomic E-state index is 10.8. The predicted octanol–water partition coefficient (Wildman–Crippen LogP) is 3.74. The average Bonchev–Trinajstić information content (AvgIpc) is 3.12. The van der Waals surface area contributed by atoms with Crippen molar-refractivity contribution in [2.75, 3.05) is 10.6 Å². The van der Waals surface area contributed by atoms with Crippen molar-refractivity contribution in [3.8, 4) is 0 Å². The molecule has 2 aromatic carbocycles. The number of aliphatic carboxylic acids is 2. The van der Waals surface area contributed by atoms with E-state index in [-0.39, 0.29) is 19.5 Å². The van der Waals surface area contributed by atoms with Crippen LogP contribution in [-0.2, 0) is 29.1 Å². The zero-order valence-corrected chi connectivity index (χ0v) is 20.1. The van der Waals surface area contributed by atoms with Crippen LogP contribution >= 0.6 is 48.8 Å². The summed E-state index contributed by atoms with van der Waals surface area (Å²) in [6.45, 7) is 0. The number of carbonyl (C=O) groups is 2. The SMILES string of the molecule is O=C(O)C1(S)Nc2ccccc2S1.O=C(O)C1(S)Nc2ccccc2S1.[Zn]. The summed E-state index contributed by atoms with van der Waals surface area (Å²) in [6.07, 6.45) is 0. The summed E-state index contributed by atoms with van der Waals surface area (Å²) in [6, 6.07) is 14.9. The summed E-state index contributed by atoms with van der Waals surface area (Å²) in [5, 5.41) is 23.4. The van der Waals surface area contributed by atoms with Gasteiger partial charge in [-0.3, -0.25) is 0 Å². The van der Waals surface area contributed by atoms with Crippen LogP contribution in [-0.4, -0.2) is 30.6 Å². The van der Waals surface area contributed by atoms with E-state index in [1.165, 1.54) is 23.5 Å². The molecular weight excluding hydrogens is 478 g/mol. The maximum Gasteiger partial charge on any atom is 0.351 e. The summed E-state index contributed by atoms with van der Waals surface area (Å²) < 4.78 is -2.44. The number of thiol groups is 2. The first-order valence-electron chi connectivity index (χ1n) is 7.27. The third kappa shape index (κ3) is 4.71. The molecule has 0 radical (unpaired) electrons. The van der Waals surface area contributed by atoms with Crippen molar-refractivity contribution in [2.24, 2.45) is 0 Å². The second-order valence-electron chi connectivity index (χ2n) is 5.34. The maximum absolute atomic E-state index is 10.8. The molecule has 27 heavy (non-hydrogen) atoms. The summed E-state index contributed by atoms with van der Waals surface area (Å²) in [5.74, 6) is -1.95. The number of hydrogen-bond donors (Lipinski definition) is 6. The predicted molar refractivity (Wildman–Crippen MR) is 111 cm³/mol. The topological polar surface area (TPSA) is 98.7 Å². The first-order chi connectivity index (χ1) is 12.2. The average molecular weight is 492 g/mol. The summed E-state index contributed by atoms with van der Waals surface area (Å²) in [5.41, 5.74) is 1.65. The van der Waals surface area contributed by atoms with Gasteiger partial charge in [-0.1, -0.05) is 47.8 Å². The van der Waals surface area contributed by atoms with Crippen LogP contribution < -0.4 is 10.6 Å². The van der Waals surface area contributed by atoms with Gasteiger partial charge in [-0.2, -0.15) is 0 Å². The monoisotopic (exact) mass is 490 g/mol. The van der Waals surface area contributed by atoms with E-state index in [1.807, 2.05) is 48.5 Å². The minimum Gasteiger partial charge on any atom is -0.478 e. The van der Waals surface area contributed by atoms with Gasteiger partial charge in [-0.25, -0.2) is 9.59 Å². The van der Waals surface area contributed by atoms with Crippen LogP contribution in [0.25, 0.3) is 0 Å². The smallest absolute Gasteiger partial charge is 0.351 e. The minimum atomic E-state index is -1.22. The zero-order valence-electron chi connectivity index (χ0n) is 13.7. The number of thioether (sulfide) groups is 2. The summed E-state index contributed by atoms with van der Waals surface area (Å²) in [4.78, 5) is 23.5. The van der Waals surface area contributed by atoms with Crippen molar-refractivity contribution in [1.29, 1.82) is 0 Å². The van der Waals surface area contributed by atoms with Crippen molar-refractivity contribution in [2.45, 2.75) is 18.2 Å². The molecule has 2 aliphatic rings. The number of anilines is 2. The first-order valence-corrected chi connectivity index (χ1v) is 9.80. The summed E-state index contributed by atoms with van der Waals surface area (Å²) in [7, 11) is 0. The fourth-order valence-corrected chi connectivity index (χ4v) is 4.96. The van der Waals surface area contributed by atoms with Crippen molar-refractivity contribution >= 4 is 72.1 Å². The van der Waals surface area contributed by atoms with E-state index in [9.17, 15) is 9.59 Å². The van der Waals surface area contributed by atoms with Crippen LogP contribution in [0.4, 0.5) is 11.4 Å². The number of benzene rings is 2. The van der Waals surface area contributed by atoms with Gasteiger partial charge in [0.2, 0.25) is 8.41 Å². The van der Waals surface area contributed by atoms with Gasteiger partial charge in [-0.15, -0.1) is 25.3 Å². The molecule has 0 aliphatic carbocycles. The number of fused-ring (bicyclic) bond motifs is 2. The van der Waals surface area contributed by atoms with E-state index >= 15 is 0 Å². The Bertz CT molecular complexity index is 762. The van der Waals surface area contributed by atoms with Crippen molar-refractivity contribution in [3.05, 3.63) is 48.5 Å². The molecule has 0 spiro atoms. The molecule has 0 aromatic heterocycles. The molecule has 2 aromatic rings. The number of hydrogen-bond acceptors (Lipinski definition) is 8. The number of nitrogens with one attached hydrogen (secondary N) is 2. The fraction of sp³-hybridized carbons (Fsp3) is 0.125. The molecule has 6 nitrogen and oxygen atoms in total. The van der Waals surface area contributed by atoms with Crippen LogP contribution in [0.2, 0.25) is 0 Å². The van der Waals surface area contributed by atoms with E-state index < -0.39 is 20.3 Å². The molecule has 4 rings (SSSR count). The minimum absolute atomic E-state index is 0. The molecule has 2 aliphatic heterocycles. The molecule has 0 saturated carbocycles. The molecule has 0 amide bonds. The van der Waals surface area contributed by atoms with Gasteiger partial charge < -0.3 is 20.8 Å². The van der Waals surface area contributed by atoms with Crippen LogP contribution in [0.15, 0.2) is 58.3 Å². The van der Waals surface area contributed by atoms with Gasteiger partial charge in [0.25, 0.3) is 0 Å². The molecule has 11 heteroatoms. The largest absolute Gasteiger partial charge is 0.478 e. The standard InChI is InChI=1S/2C8H7NO2S2.Zn/c2*10-7(11)8(12)9-5-3-1-2-4-6(5)13-8;/h2*1-4,9,12H,(H,10,11);. The Labute approximate surface area is 187 Å². The number of rotatable bonds is 2. The molecule has 2 atom stereocenters. The number of carboxylic acid groups (broad SMARTS) is 2. The van der Waals surface area contributed by atoms with Crippen molar-refractivity contribution in [3.63, 3.8) is 0 Å². The Kier molecular flexibility index (Phi) is 7.08. The Balaban J connectivity index is 0.000000187. The van der Waals surface area contributed by atoms with Gasteiger partial charge >= 0.3 is 11.9 Å². The van der Waals surface area contributed by atoms with Crippen LogP contribution in [0.1, 0.15) is 0 Å². The van der Waals surface area contributed by atoms with Gasteiger partial charge in [0.15, 0.2) is 0 Å².